The summed E-state index contributed by atoms with van der Waals surface area (Å²) in [5.74, 6) is -0.511. The number of esters is 1. The van der Waals surface area contributed by atoms with Gasteiger partial charge in [0.25, 0.3) is 0 Å². The summed E-state index contributed by atoms with van der Waals surface area (Å²) in [6.45, 7) is 5.48. The van der Waals surface area contributed by atoms with E-state index in [1.165, 1.54) is 13.0 Å². The summed E-state index contributed by atoms with van der Waals surface area (Å²) in [7, 11) is 0. The molecule has 0 aromatic heterocycles. The number of nitrogens with one attached hydrogen (secondary N) is 1. The molecule has 4 nitrogen and oxygen atoms in total. The monoisotopic (exact) mass is 171 g/mol. The Morgan fingerprint density at radius 1 is 1.58 bits per heavy atom. The van der Waals surface area contributed by atoms with Gasteiger partial charge < -0.3 is 10.1 Å². The van der Waals surface area contributed by atoms with Crippen molar-refractivity contribution in [3.8, 4) is 0 Å². The first-order valence-electron chi connectivity index (χ1n) is 3.70. The summed E-state index contributed by atoms with van der Waals surface area (Å²) in [6, 6.07) is 0. The summed E-state index contributed by atoms with van der Waals surface area (Å²) >= 11 is 0. The highest BCUT2D eigenvalue weighted by Crippen LogP contribution is 1.81. The average Bonchev–Trinajstić information content (AvgIpc) is 2.03. The smallest absolute Gasteiger partial charge is 0.302 e. The van der Waals surface area contributed by atoms with E-state index >= 15 is 0 Å². The van der Waals surface area contributed by atoms with Crippen molar-refractivity contribution in [2.75, 3.05) is 13.2 Å². The van der Waals surface area contributed by atoms with E-state index in [1.807, 2.05) is 0 Å². The van der Waals surface area contributed by atoms with Crippen LogP contribution in [0.2, 0.25) is 0 Å². The van der Waals surface area contributed by atoms with E-state index in [0.29, 0.717) is 19.6 Å². The van der Waals surface area contributed by atoms with Crippen LogP contribution in [0.4, 0.5) is 0 Å². The van der Waals surface area contributed by atoms with E-state index in [2.05, 4.69) is 16.6 Å². The summed E-state index contributed by atoms with van der Waals surface area (Å²) in [5.41, 5.74) is 0. The van der Waals surface area contributed by atoms with E-state index in [-0.39, 0.29) is 11.9 Å². The Bertz CT molecular complexity index is 177. The quantitative estimate of drug-likeness (QED) is 0.366. The highest BCUT2D eigenvalue weighted by atomic mass is 16.5. The van der Waals surface area contributed by atoms with E-state index in [9.17, 15) is 9.59 Å². The Morgan fingerprint density at radius 3 is 2.75 bits per heavy atom. The second-order valence-corrected chi connectivity index (χ2v) is 2.19. The van der Waals surface area contributed by atoms with Gasteiger partial charge in [0.1, 0.15) is 0 Å². The molecule has 0 atom stereocenters. The van der Waals surface area contributed by atoms with Crippen molar-refractivity contribution >= 4 is 11.9 Å². The van der Waals surface area contributed by atoms with Crippen LogP contribution in [0.25, 0.3) is 0 Å². The zero-order valence-corrected chi connectivity index (χ0v) is 7.13. The molecular weight excluding hydrogens is 158 g/mol. The van der Waals surface area contributed by atoms with Crippen molar-refractivity contribution in [2.24, 2.45) is 0 Å². The van der Waals surface area contributed by atoms with Gasteiger partial charge in [-0.25, -0.2) is 0 Å². The number of hydrogen-bond acceptors (Lipinski definition) is 3. The second kappa shape index (κ2) is 6.39. The van der Waals surface area contributed by atoms with Gasteiger partial charge in [0.15, 0.2) is 0 Å². The standard InChI is InChI=1S/C8H13NO3/c1-3-8(11)9-5-4-6-12-7(2)10/h3H,1,4-6H2,2H3,(H,9,11). The van der Waals surface area contributed by atoms with E-state index < -0.39 is 0 Å². The van der Waals surface area contributed by atoms with Crippen molar-refractivity contribution in [1.29, 1.82) is 0 Å². The highest BCUT2D eigenvalue weighted by molar-refractivity contribution is 5.86. The Morgan fingerprint density at radius 2 is 2.25 bits per heavy atom. The molecule has 0 spiro atoms. The highest BCUT2D eigenvalue weighted by Gasteiger charge is 1.94. The molecule has 12 heavy (non-hydrogen) atoms. The number of rotatable bonds is 5. The minimum absolute atomic E-state index is 0.210. The van der Waals surface area contributed by atoms with Crippen LogP contribution in [0.1, 0.15) is 13.3 Å². The molecule has 0 aromatic carbocycles. The van der Waals surface area contributed by atoms with Crippen LogP contribution in [0.3, 0.4) is 0 Å². The molecule has 0 rings (SSSR count). The molecule has 0 radical (unpaired) electrons. The third kappa shape index (κ3) is 6.80. The van der Waals surface area contributed by atoms with Crippen LogP contribution in [0, 0.1) is 0 Å². The van der Waals surface area contributed by atoms with Gasteiger partial charge >= 0.3 is 5.97 Å². The molecule has 0 saturated carbocycles. The lowest BCUT2D eigenvalue weighted by molar-refractivity contribution is -0.140. The molecule has 1 amide bonds. The van der Waals surface area contributed by atoms with Gasteiger partial charge in [-0.3, -0.25) is 9.59 Å². The van der Waals surface area contributed by atoms with Crippen molar-refractivity contribution in [1.82, 2.24) is 5.32 Å². The van der Waals surface area contributed by atoms with Gasteiger partial charge in [0.2, 0.25) is 5.91 Å². The van der Waals surface area contributed by atoms with Gasteiger partial charge in [0, 0.05) is 13.5 Å². The van der Waals surface area contributed by atoms with Crippen molar-refractivity contribution in [3.05, 3.63) is 12.7 Å². The summed E-state index contributed by atoms with van der Waals surface area (Å²) < 4.78 is 4.64. The minimum Gasteiger partial charge on any atom is -0.466 e. The Kier molecular flexibility index (Phi) is 5.69. The molecule has 4 heteroatoms. The number of ether oxygens (including phenoxy) is 1. The summed E-state index contributed by atoms with van der Waals surface area (Å²) in [4.78, 5) is 20.8. The molecule has 0 heterocycles. The topological polar surface area (TPSA) is 55.4 Å². The molecule has 0 fully saturated rings. The van der Waals surface area contributed by atoms with Crippen LogP contribution in [0.5, 0.6) is 0 Å². The maximum Gasteiger partial charge on any atom is 0.302 e. The Labute approximate surface area is 71.6 Å². The lowest BCUT2D eigenvalue weighted by Crippen LogP contribution is -2.23. The predicted octanol–water partition coefficient (Wildman–Crippen LogP) is 0.242. The molecule has 0 aromatic rings. The normalized spacial score (nSPS) is 8.75. The lowest BCUT2D eigenvalue weighted by atomic mass is 10.4. The van der Waals surface area contributed by atoms with Gasteiger partial charge in [-0.15, -0.1) is 0 Å². The number of carbonyl (C=O) groups is 2. The van der Waals surface area contributed by atoms with Gasteiger partial charge in [-0.2, -0.15) is 0 Å². The molecule has 0 aliphatic heterocycles. The first-order valence-corrected chi connectivity index (χ1v) is 3.70. The fourth-order valence-electron chi connectivity index (χ4n) is 0.572. The minimum atomic E-state index is -0.301. The van der Waals surface area contributed by atoms with Crippen LogP contribution in [0.15, 0.2) is 12.7 Å². The fourth-order valence-corrected chi connectivity index (χ4v) is 0.572. The van der Waals surface area contributed by atoms with Crippen LogP contribution in [-0.2, 0) is 14.3 Å². The molecule has 0 unspecified atom stereocenters. The maximum absolute atomic E-state index is 10.6. The maximum atomic E-state index is 10.6. The molecule has 1 N–H and O–H groups in total. The number of hydrogen-bond donors (Lipinski definition) is 1. The van der Waals surface area contributed by atoms with Crippen molar-refractivity contribution in [3.63, 3.8) is 0 Å². The van der Waals surface area contributed by atoms with Crippen LogP contribution < -0.4 is 5.32 Å². The van der Waals surface area contributed by atoms with Gasteiger partial charge in [-0.1, -0.05) is 6.58 Å². The summed E-state index contributed by atoms with van der Waals surface area (Å²) in [6.07, 6.45) is 1.82. The van der Waals surface area contributed by atoms with E-state index in [1.54, 1.807) is 0 Å². The SMILES string of the molecule is C=CC(=O)NCCCOC(C)=O. The van der Waals surface area contributed by atoms with Crippen LogP contribution >= 0.6 is 0 Å². The zero-order chi connectivity index (χ0) is 9.40. The van der Waals surface area contributed by atoms with Crippen molar-refractivity contribution < 1.29 is 14.3 Å². The molecule has 68 valence electrons. The lowest BCUT2D eigenvalue weighted by Gasteiger charge is -2.01. The van der Waals surface area contributed by atoms with Gasteiger partial charge in [-0.05, 0) is 12.5 Å². The molecule has 0 aliphatic carbocycles. The summed E-state index contributed by atoms with van der Waals surface area (Å²) in [5, 5.41) is 2.56. The Hall–Kier alpha value is -1.32. The third-order valence-electron chi connectivity index (χ3n) is 1.11. The predicted molar refractivity (Wildman–Crippen MR) is 44.5 cm³/mol. The number of carbonyl (C=O) groups excluding carboxylic acids is 2. The first-order chi connectivity index (χ1) is 5.66. The Balaban J connectivity index is 3.16. The fraction of sp³-hybridized carbons (Fsp3) is 0.500. The van der Waals surface area contributed by atoms with E-state index in [0.717, 1.165) is 0 Å². The third-order valence-corrected chi connectivity index (χ3v) is 1.11. The van der Waals surface area contributed by atoms with Crippen molar-refractivity contribution in [2.45, 2.75) is 13.3 Å². The largest absolute Gasteiger partial charge is 0.466 e. The van der Waals surface area contributed by atoms with Gasteiger partial charge in [0.05, 0.1) is 6.61 Å². The number of amides is 1. The van der Waals surface area contributed by atoms with Crippen LogP contribution in [-0.4, -0.2) is 25.0 Å². The second-order valence-electron chi connectivity index (χ2n) is 2.19. The molecule has 0 aliphatic rings. The molecule has 0 bridgehead atoms. The zero-order valence-electron chi connectivity index (χ0n) is 7.13. The molecular formula is C8H13NO3. The molecule has 0 saturated heterocycles. The average molecular weight is 171 g/mol. The van der Waals surface area contributed by atoms with E-state index in [4.69, 9.17) is 0 Å². The first kappa shape index (κ1) is 10.7.